The van der Waals surface area contributed by atoms with Gasteiger partial charge in [-0.3, -0.25) is 0 Å². The molecule has 0 aliphatic rings. The van der Waals surface area contributed by atoms with Crippen LogP contribution in [0.1, 0.15) is 31.0 Å². The van der Waals surface area contributed by atoms with Crippen molar-refractivity contribution in [2.45, 2.75) is 26.7 Å². The fourth-order valence-corrected chi connectivity index (χ4v) is 10.5. The van der Waals surface area contributed by atoms with Crippen molar-refractivity contribution in [1.82, 2.24) is 9.97 Å². The fraction of sp³-hybridized carbons (Fsp3) is 0.0870. The Morgan fingerprint density at radius 1 is 0.673 bits per heavy atom. The summed E-state index contributed by atoms with van der Waals surface area (Å²) < 4.78 is 15.4. The van der Waals surface area contributed by atoms with Gasteiger partial charge in [-0.15, -0.1) is 40.6 Å². The number of thiophene rings is 1. The molecule has 0 atom stereocenters. The molecule has 0 fully saturated rings. The fourth-order valence-electron chi connectivity index (χ4n) is 6.64. The molecule has 9 aromatic rings. The van der Waals surface area contributed by atoms with Crippen LogP contribution in [0, 0.1) is 19.1 Å². The van der Waals surface area contributed by atoms with Crippen molar-refractivity contribution in [2.24, 2.45) is 0 Å². The Labute approximate surface area is 322 Å². The molecule has 0 saturated carbocycles. The first-order chi connectivity index (χ1) is 24.9. The van der Waals surface area contributed by atoms with Crippen molar-refractivity contribution < 1.29 is 24.7 Å². The van der Waals surface area contributed by atoms with Crippen molar-refractivity contribution in [3.8, 4) is 11.3 Å². The van der Waals surface area contributed by atoms with Crippen LogP contribution in [-0.4, -0.2) is 9.97 Å². The van der Waals surface area contributed by atoms with Gasteiger partial charge in [0.1, 0.15) is 12.0 Å². The van der Waals surface area contributed by atoms with E-state index in [9.17, 15) is 4.57 Å². The maximum absolute atomic E-state index is 14.2. The van der Waals surface area contributed by atoms with E-state index < -0.39 is 7.14 Å². The van der Waals surface area contributed by atoms with Crippen molar-refractivity contribution >= 4 is 76.2 Å². The largest absolute Gasteiger partial charge is 0.311 e. The average molecular weight is 887 g/mol. The van der Waals surface area contributed by atoms with Crippen LogP contribution >= 0.6 is 18.5 Å². The Morgan fingerprint density at radius 2 is 1.35 bits per heavy atom. The zero-order chi connectivity index (χ0) is 35.0. The van der Waals surface area contributed by atoms with Crippen molar-refractivity contribution in [1.29, 1.82) is 0 Å². The molecular formula is C46H35IrN2OPS-2. The summed E-state index contributed by atoms with van der Waals surface area (Å²) in [4.78, 5) is 10.5. The van der Waals surface area contributed by atoms with Crippen LogP contribution in [0.25, 0.3) is 53.1 Å². The SMILES string of the molecule is Cc1ccc2c(n1)sc1c(-c3nccc4cc(C(C)C)ccc34)[c-]ccc12.O=P(c1[c-]cc2ccccc2c1)(c1ccccc1)c1ccccc1.[Ir]. The average Bonchev–Trinajstić information content (AvgIpc) is 3.55. The van der Waals surface area contributed by atoms with Crippen LogP contribution in [0.3, 0.4) is 0 Å². The molecule has 0 amide bonds. The molecule has 0 aliphatic carbocycles. The molecule has 257 valence electrons. The zero-order valence-electron chi connectivity index (χ0n) is 29.0. The normalized spacial score (nSPS) is 11.5. The summed E-state index contributed by atoms with van der Waals surface area (Å²) in [6.07, 6.45) is 1.91. The van der Waals surface area contributed by atoms with Gasteiger partial charge in [-0.1, -0.05) is 128 Å². The van der Waals surface area contributed by atoms with Crippen LogP contribution in [0.2, 0.25) is 0 Å². The molecule has 0 saturated heterocycles. The molecule has 6 aromatic carbocycles. The van der Waals surface area contributed by atoms with Crippen molar-refractivity contribution in [2.75, 3.05) is 0 Å². The molecule has 0 aliphatic heterocycles. The number of aryl methyl sites for hydroxylation is 1. The Balaban J connectivity index is 0.000000160. The van der Waals surface area contributed by atoms with E-state index in [1.807, 2.05) is 116 Å². The second-order valence-electron chi connectivity index (χ2n) is 13.0. The predicted octanol–water partition coefficient (Wildman–Crippen LogP) is 11.2. The standard InChI is InChI=1S/C24H19N2S.C22H16OP.Ir/c1-14(2)16-8-10-18-17(13-16)11-12-25-22(18)21-6-4-5-19-20-9-7-15(3)26-24(20)27-23(19)21;23-24(20-11-3-1-4-12-20,21-13-5-2-6-14-21)22-16-15-18-9-7-8-10-19(18)17-22;/h4-5,7-14H,1-3H3;1-15,17H;/q2*-1;. The second kappa shape index (κ2) is 15.1. The Kier molecular flexibility index (Phi) is 10.3. The predicted molar refractivity (Wildman–Crippen MR) is 218 cm³/mol. The molecule has 0 unspecified atom stereocenters. The summed E-state index contributed by atoms with van der Waals surface area (Å²) in [6, 6.07) is 55.4. The number of pyridine rings is 2. The molecule has 9 rings (SSSR count). The van der Waals surface area contributed by atoms with Crippen LogP contribution in [0.15, 0.2) is 152 Å². The van der Waals surface area contributed by atoms with E-state index in [1.165, 1.54) is 31.8 Å². The van der Waals surface area contributed by atoms with E-state index in [2.05, 4.69) is 68.4 Å². The molecule has 3 nitrogen and oxygen atoms in total. The summed E-state index contributed by atoms with van der Waals surface area (Å²) in [5.74, 6) is 0.512. The Morgan fingerprint density at radius 3 is 2.06 bits per heavy atom. The molecule has 52 heavy (non-hydrogen) atoms. The molecule has 1 radical (unpaired) electrons. The third kappa shape index (κ3) is 6.67. The third-order valence-electron chi connectivity index (χ3n) is 9.37. The monoisotopic (exact) mass is 887 g/mol. The Bertz CT molecular complexity index is 2680. The number of hydrogen-bond donors (Lipinski definition) is 0. The Hall–Kier alpha value is -4.76. The first-order valence-electron chi connectivity index (χ1n) is 17.1. The van der Waals surface area contributed by atoms with Gasteiger partial charge >= 0.3 is 0 Å². The second-order valence-corrected chi connectivity index (χ2v) is 16.8. The minimum Gasteiger partial charge on any atom is -0.311 e. The van der Waals surface area contributed by atoms with E-state index in [-0.39, 0.29) is 20.1 Å². The number of rotatable bonds is 5. The van der Waals surface area contributed by atoms with Gasteiger partial charge in [0.05, 0.1) is 0 Å². The van der Waals surface area contributed by atoms with Crippen molar-refractivity contribution in [3.05, 3.63) is 175 Å². The van der Waals surface area contributed by atoms with Gasteiger partial charge in [-0.2, -0.15) is 29.5 Å². The summed E-state index contributed by atoms with van der Waals surface area (Å²) >= 11 is 1.73. The van der Waals surface area contributed by atoms with Crippen LogP contribution in [-0.2, 0) is 24.7 Å². The van der Waals surface area contributed by atoms with Crippen LogP contribution in [0.5, 0.6) is 0 Å². The van der Waals surface area contributed by atoms with Gasteiger partial charge in [-0.25, -0.2) is 4.98 Å². The molecule has 0 N–H and O–H groups in total. The molecule has 3 heterocycles. The zero-order valence-corrected chi connectivity index (χ0v) is 33.1. The van der Waals surface area contributed by atoms with E-state index in [1.54, 1.807) is 11.3 Å². The summed E-state index contributed by atoms with van der Waals surface area (Å²) in [5.41, 5.74) is 4.46. The number of aromatic nitrogens is 2. The summed E-state index contributed by atoms with van der Waals surface area (Å²) in [7, 11) is -2.94. The van der Waals surface area contributed by atoms with Gasteiger partial charge in [0.2, 0.25) is 0 Å². The van der Waals surface area contributed by atoms with Gasteiger partial charge in [-0.05, 0) is 57.1 Å². The van der Waals surface area contributed by atoms with E-state index in [0.717, 1.165) is 48.5 Å². The first-order valence-corrected chi connectivity index (χ1v) is 19.6. The molecule has 6 heteroatoms. The van der Waals surface area contributed by atoms with Gasteiger partial charge in [0.25, 0.3) is 0 Å². The van der Waals surface area contributed by atoms with E-state index in [0.29, 0.717) is 5.92 Å². The smallest absolute Gasteiger partial charge is 0.147 e. The first kappa shape index (κ1) is 35.6. The van der Waals surface area contributed by atoms with Crippen LogP contribution < -0.4 is 15.9 Å². The topological polar surface area (TPSA) is 42.9 Å². The molecule has 0 bridgehead atoms. The molecule has 0 spiro atoms. The minimum absolute atomic E-state index is 0. The maximum Gasteiger partial charge on any atom is 0.147 e. The van der Waals surface area contributed by atoms with E-state index >= 15 is 0 Å². The minimum atomic E-state index is -2.94. The molecule has 3 aromatic heterocycles. The third-order valence-corrected chi connectivity index (χ3v) is 13.5. The molecular weight excluding hydrogens is 852 g/mol. The summed E-state index contributed by atoms with van der Waals surface area (Å²) in [6.45, 7) is 6.49. The number of benzene rings is 6. The van der Waals surface area contributed by atoms with Gasteiger partial charge in [0.15, 0.2) is 0 Å². The number of fused-ring (bicyclic) bond motifs is 5. The van der Waals surface area contributed by atoms with Crippen LogP contribution in [0.4, 0.5) is 0 Å². The van der Waals surface area contributed by atoms with E-state index in [4.69, 9.17) is 9.97 Å². The number of hydrogen-bond acceptors (Lipinski definition) is 4. The van der Waals surface area contributed by atoms with Gasteiger partial charge < -0.3 is 9.55 Å². The van der Waals surface area contributed by atoms with Gasteiger partial charge in [0, 0.05) is 42.6 Å². The number of nitrogens with zero attached hydrogens (tertiary/aromatic N) is 2. The maximum atomic E-state index is 14.2. The summed E-state index contributed by atoms with van der Waals surface area (Å²) in [5, 5.41) is 9.45. The van der Waals surface area contributed by atoms with Crippen molar-refractivity contribution in [3.63, 3.8) is 0 Å². The quantitative estimate of drug-likeness (QED) is 0.128.